The van der Waals surface area contributed by atoms with Crippen molar-refractivity contribution in [2.75, 3.05) is 6.66 Å². The van der Waals surface area contributed by atoms with E-state index in [-0.39, 0.29) is 0 Å². The molecule has 1 aromatic carbocycles. The van der Waals surface area contributed by atoms with E-state index in [0.29, 0.717) is 5.30 Å². The largest absolute Gasteiger partial charge is 0.408 e. The first-order valence-corrected chi connectivity index (χ1v) is 7.59. The number of carbonyl (C=O) groups excluding carboxylic acids is 1. The minimum atomic E-state index is -3.07. The first-order chi connectivity index (χ1) is 7.63. The molecule has 1 rings (SSSR count). The Morgan fingerprint density at radius 1 is 1.18 bits per heavy atom. The van der Waals surface area contributed by atoms with Crippen LogP contribution in [-0.2, 0) is 13.9 Å². The van der Waals surface area contributed by atoms with Crippen LogP contribution >= 0.6 is 7.37 Å². The van der Waals surface area contributed by atoms with Gasteiger partial charge in [0.25, 0.3) is 7.37 Å². The van der Waals surface area contributed by atoms with Crippen LogP contribution in [0.4, 0.5) is 0 Å². The summed E-state index contributed by atoms with van der Waals surface area (Å²) in [4.78, 5) is 11.7. The third-order valence-electron chi connectivity index (χ3n) is 2.37. The first kappa shape index (κ1) is 14.0. The summed E-state index contributed by atoms with van der Waals surface area (Å²) >= 11 is 0. The fourth-order valence-electron chi connectivity index (χ4n) is 1.16. The van der Waals surface area contributed by atoms with Gasteiger partial charge in [-0.2, -0.15) is 0 Å². The highest BCUT2D eigenvalue weighted by atomic mass is 31.2. The molecule has 1 unspecified atom stereocenters. The van der Waals surface area contributed by atoms with E-state index in [1.807, 2.05) is 19.1 Å². The molecule has 0 saturated carbocycles. The van der Waals surface area contributed by atoms with Crippen LogP contribution in [0.3, 0.4) is 0 Å². The molecule has 0 aliphatic rings. The molecule has 3 nitrogen and oxygen atoms in total. The summed E-state index contributed by atoms with van der Waals surface area (Å²) in [6.07, 6.45) is 0. The lowest BCUT2D eigenvalue weighted by molar-refractivity contribution is -0.142. The molecule has 0 aromatic heterocycles. The monoisotopic (exact) mass is 254 g/mol. The van der Waals surface area contributed by atoms with Gasteiger partial charge in [0, 0.05) is 12.0 Å². The summed E-state index contributed by atoms with van der Waals surface area (Å²) in [6, 6.07) is 7.20. The molecule has 0 fully saturated rings. The van der Waals surface area contributed by atoms with Crippen LogP contribution in [0.1, 0.15) is 26.3 Å². The standard InChI is InChI=1S/C13H19O3P/c1-10-6-8-11(9-7-10)17(5,15)16-12(14)13(2,3)4/h6-9H,1-5H3. The predicted molar refractivity (Wildman–Crippen MR) is 69.9 cm³/mol. The lowest BCUT2D eigenvalue weighted by Gasteiger charge is -2.21. The smallest absolute Gasteiger partial charge is 0.316 e. The van der Waals surface area contributed by atoms with Crippen LogP contribution in [0.25, 0.3) is 0 Å². The van der Waals surface area contributed by atoms with Gasteiger partial charge in [-0.25, -0.2) is 0 Å². The molecular formula is C13H19O3P. The molecule has 0 saturated heterocycles. The van der Waals surface area contributed by atoms with Gasteiger partial charge in [0.15, 0.2) is 0 Å². The van der Waals surface area contributed by atoms with E-state index < -0.39 is 18.8 Å². The van der Waals surface area contributed by atoms with E-state index >= 15 is 0 Å². The van der Waals surface area contributed by atoms with Gasteiger partial charge in [-0.3, -0.25) is 9.36 Å². The van der Waals surface area contributed by atoms with Crippen LogP contribution in [-0.4, -0.2) is 12.6 Å². The predicted octanol–water partition coefficient (Wildman–Crippen LogP) is 3.12. The zero-order chi connectivity index (χ0) is 13.3. The normalized spacial score (nSPS) is 15.1. The maximum absolute atomic E-state index is 12.3. The highest BCUT2D eigenvalue weighted by Crippen LogP contribution is 2.43. The summed E-state index contributed by atoms with van der Waals surface area (Å²) < 4.78 is 17.5. The second-order valence-electron chi connectivity index (χ2n) is 5.31. The van der Waals surface area contributed by atoms with E-state index in [2.05, 4.69) is 0 Å². The molecule has 0 bridgehead atoms. The zero-order valence-electron chi connectivity index (χ0n) is 11.0. The second kappa shape index (κ2) is 4.66. The number of hydrogen-bond acceptors (Lipinski definition) is 3. The number of carbonyl (C=O) groups is 1. The van der Waals surface area contributed by atoms with E-state index in [1.165, 1.54) is 6.66 Å². The molecule has 0 aliphatic heterocycles. The van der Waals surface area contributed by atoms with Gasteiger partial charge in [0.1, 0.15) is 0 Å². The summed E-state index contributed by atoms with van der Waals surface area (Å²) in [5, 5.41) is 0.570. The molecule has 0 N–H and O–H groups in total. The van der Waals surface area contributed by atoms with Crippen molar-refractivity contribution in [1.29, 1.82) is 0 Å². The molecule has 1 atom stereocenters. The van der Waals surface area contributed by atoms with Crippen LogP contribution < -0.4 is 5.30 Å². The maximum atomic E-state index is 12.3. The first-order valence-electron chi connectivity index (χ1n) is 5.52. The van der Waals surface area contributed by atoms with Gasteiger partial charge in [-0.1, -0.05) is 17.7 Å². The minimum Gasteiger partial charge on any atom is -0.408 e. The van der Waals surface area contributed by atoms with Crippen molar-refractivity contribution in [3.05, 3.63) is 29.8 Å². The number of benzene rings is 1. The molecule has 17 heavy (non-hydrogen) atoms. The van der Waals surface area contributed by atoms with Crippen molar-refractivity contribution < 1.29 is 13.9 Å². The summed E-state index contributed by atoms with van der Waals surface area (Å²) in [7, 11) is -3.07. The van der Waals surface area contributed by atoms with Crippen molar-refractivity contribution in [2.45, 2.75) is 27.7 Å². The average molecular weight is 254 g/mol. The van der Waals surface area contributed by atoms with E-state index in [4.69, 9.17) is 4.52 Å². The highest BCUT2D eigenvalue weighted by Gasteiger charge is 2.30. The Morgan fingerprint density at radius 3 is 2.06 bits per heavy atom. The number of aryl methyl sites for hydroxylation is 1. The Hall–Kier alpha value is -1.08. The van der Waals surface area contributed by atoms with Crippen LogP contribution in [0.5, 0.6) is 0 Å². The molecule has 94 valence electrons. The van der Waals surface area contributed by atoms with Crippen LogP contribution in [0.15, 0.2) is 24.3 Å². The fourth-order valence-corrected chi connectivity index (χ4v) is 2.55. The lowest BCUT2D eigenvalue weighted by Crippen LogP contribution is -2.23. The van der Waals surface area contributed by atoms with Gasteiger partial charge in [-0.15, -0.1) is 0 Å². The quantitative estimate of drug-likeness (QED) is 0.761. The summed E-state index contributed by atoms with van der Waals surface area (Å²) in [5.41, 5.74) is 0.437. The molecule has 0 amide bonds. The van der Waals surface area contributed by atoms with E-state index in [1.54, 1.807) is 32.9 Å². The second-order valence-corrected chi connectivity index (χ2v) is 7.70. The molecule has 0 spiro atoms. The lowest BCUT2D eigenvalue weighted by atomic mass is 9.98. The van der Waals surface area contributed by atoms with Gasteiger partial charge in [0.05, 0.1) is 5.41 Å². The minimum absolute atomic E-state index is 0.441. The van der Waals surface area contributed by atoms with E-state index in [9.17, 15) is 9.36 Å². The number of rotatable bonds is 2. The summed E-state index contributed by atoms with van der Waals surface area (Å²) in [6.45, 7) is 8.65. The highest BCUT2D eigenvalue weighted by molar-refractivity contribution is 7.66. The SMILES string of the molecule is Cc1ccc(P(C)(=O)OC(=O)C(C)(C)C)cc1. The van der Waals surface area contributed by atoms with Crippen molar-refractivity contribution in [2.24, 2.45) is 5.41 Å². The Morgan fingerprint density at radius 2 is 1.65 bits per heavy atom. The zero-order valence-corrected chi connectivity index (χ0v) is 11.9. The Bertz CT molecular complexity index is 455. The van der Waals surface area contributed by atoms with Crippen LogP contribution in [0, 0.1) is 12.3 Å². The molecule has 0 aliphatic carbocycles. The third-order valence-corrected chi connectivity index (χ3v) is 4.12. The molecule has 0 radical (unpaired) electrons. The number of hydrogen-bond donors (Lipinski definition) is 0. The van der Waals surface area contributed by atoms with Crippen molar-refractivity contribution >= 4 is 18.6 Å². The Balaban J connectivity index is 2.93. The van der Waals surface area contributed by atoms with Gasteiger partial charge in [0.2, 0.25) is 0 Å². The Labute approximate surface area is 103 Å². The third kappa shape index (κ3) is 3.71. The molecule has 0 heterocycles. The van der Waals surface area contributed by atoms with Crippen molar-refractivity contribution in [3.8, 4) is 0 Å². The maximum Gasteiger partial charge on any atom is 0.316 e. The fraction of sp³-hybridized carbons (Fsp3) is 0.462. The van der Waals surface area contributed by atoms with Crippen molar-refractivity contribution in [3.63, 3.8) is 0 Å². The Kier molecular flexibility index (Phi) is 3.83. The summed E-state index contributed by atoms with van der Waals surface area (Å²) in [5.74, 6) is -0.441. The molecule has 1 aromatic rings. The van der Waals surface area contributed by atoms with E-state index in [0.717, 1.165) is 5.56 Å². The average Bonchev–Trinajstić information content (AvgIpc) is 2.16. The van der Waals surface area contributed by atoms with Gasteiger partial charge >= 0.3 is 5.97 Å². The molecule has 4 heteroatoms. The molecular weight excluding hydrogens is 235 g/mol. The van der Waals surface area contributed by atoms with Crippen LogP contribution in [0.2, 0.25) is 0 Å². The topological polar surface area (TPSA) is 43.4 Å². The van der Waals surface area contributed by atoms with Crippen molar-refractivity contribution in [1.82, 2.24) is 0 Å². The van der Waals surface area contributed by atoms with Gasteiger partial charge < -0.3 is 4.52 Å². The van der Waals surface area contributed by atoms with Gasteiger partial charge in [-0.05, 0) is 39.8 Å².